The van der Waals surface area contributed by atoms with Gasteiger partial charge in [-0.05, 0) is 31.9 Å². The first-order chi connectivity index (χ1) is 8.06. The maximum Gasteiger partial charge on any atom is 0.303 e. The van der Waals surface area contributed by atoms with Gasteiger partial charge in [-0.3, -0.25) is 9.59 Å². The Morgan fingerprint density at radius 3 is 2.76 bits per heavy atom. The Hall–Kier alpha value is -2.09. The summed E-state index contributed by atoms with van der Waals surface area (Å²) in [5.74, 6) is -0.833. The number of carboxylic acids is 1. The molecule has 0 spiro atoms. The van der Waals surface area contributed by atoms with Crippen molar-refractivity contribution >= 4 is 5.97 Å². The second-order valence-corrected chi connectivity index (χ2v) is 3.81. The quantitative estimate of drug-likeness (QED) is 0.778. The summed E-state index contributed by atoms with van der Waals surface area (Å²) in [6.45, 7) is 2.24. The number of aliphatic carboxylic acids is 1. The Labute approximate surface area is 98.9 Å². The molecule has 17 heavy (non-hydrogen) atoms. The van der Waals surface area contributed by atoms with Crippen LogP contribution in [-0.4, -0.2) is 15.6 Å². The van der Waals surface area contributed by atoms with E-state index in [1.54, 1.807) is 13.0 Å². The van der Waals surface area contributed by atoms with Crippen molar-refractivity contribution in [3.63, 3.8) is 0 Å². The van der Waals surface area contributed by atoms with Crippen LogP contribution in [0.15, 0.2) is 16.9 Å². The second kappa shape index (κ2) is 5.85. The fraction of sp³-hybridized carbons (Fsp3) is 0.417. The van der Waals surface area contributed by atoms with E-state index in [9.17, 15) is 9.59 Å². The second-order valence-electron chi connectivity index (χ2n) is 3.81. The van der Waals surface area contributed by atoms with Gasteiger partial charge in [0.1, 0.15) is 11.6 Å². The van der Waals surface area contributed by atoms with Crippen molar-refractivity contribution in [3.8, 4) is 6.07 Å². The van der Waals surface area contributed by atoms with Crippen LogP contribution in [0.5, 0.6) is 0 Å². The molecule has 0 atom stereocenters. The third-order valence-corrected chi connectivity index (χ3v) is 2.54. The van der Waals surface area contributed by atoms with E-state index < -0.39 is 5.97 Å². The number of rotatable bonds is 5. The molecule has 5 heteroatoms. The third kappa shape index (κ3) is 3.45. The molecule has 0 bridgehead atoms. The van der Waals surface area contributed by atoms with Crippen molar-refractivity contribution in [3.05, 3.63) is 33.7 Å². The summed E-state index contributed by atoms with van der Waals surface area (Å²) < 4.78 is 1.51. The summed E-state index contributed by atoms with van der Waals surface area (Å²) in [6, 6.07) is 5.07. The number of carbonyl (C=O) groups is 1. The van der Waals surface area contributed by atoms with Crippen LogP contribution in [0.2, 0.25) is 0 Å². The molecule has 0 aromatic carbocycles. The highest BCUT2D eigenvalue weighted by molar-refractivity contribution is 5.66. The van der Waals surface area contributed by atoms with E-state index >= 15 is 0 Å². The van der Waals surface area contributed by atoms with Gasteiger partial charge in [0.25, 0.3) is 5.56 Å². The van der Waals surface area contributed by atoms with Gasteiger partial charge in [0, 0.05) is 18.7 Å². The van der Waals surface area contributed by atoms with E-state index in [0.717, 1.165) is 5.69 Å². The van der Waals surface area contributed by atoms with Gasteiger partial charge in [0.2, 0.25) is 0 Å². The van der Waals surface area contributed by atoms with Crippen LogP contribution >= 0.6 is 0 Å². The van der Waals surface area contributed by atoms with Crippen molar-refractivity contribution in [2.75, 3.05) is 0 Å². The normalized spacial score (nSPS) is 9.88. The molecule has 0 saturated heterocycles. The number of unbranched alkanes of at least 4 members (excludes halogenated alkanes) is 1. The van der Waals surface area contributed by atoms with E-state index in [0.29, 0.717) is 19.4 Å². The molecule has 0 unspecified atom stereocenters. The predicted molar refractivity (Wildman–Crippen MR) is 61.6 cm³/mol. The summed E-state index contributed by atoms with van der Waals surface area (Å²) in [4.78, 5) is 22.1. The van der Waals surface area contributed by atoms with Gasteiger partial charge >= 0.3 is 5.97 Å². The molecule has 0 radical (unpaired) electrons. The van der Waals surface area contributed by atoms with Crippen LogP contribution in [0.4, 0.5) is 0 Å². The summed E-state index contributed by atoms with van der Waals surface area (Å²) >= 11 is 0. The molecule has 1 aromatic rings. The minimum absolute atomic E-state index is 0.103. The molecule has 1 rings (SSSR count). The molecule has 1 N–H and O–H groups in total. The van der Waals surface area contributed by atoms with Crippen LogP contribution in [0.1, 0.15) is 30.5 Å². The third-order valence-electron chi connectivity index (χ3n) is 2.54. The highest BCUT2D eigenvalue weighted by Crippen LogP contribution is 2.02. The first-order valence-electron chi connectivity index (χ1n) is 5.38. The minimum Gasteiger partial charge on any atom is -0.481 e. The highest BCUT2D eigenvalue weighted by Gasteiger charge is 2.05. The average Bonchev–Trinajstić information content (AvgIpc) is 2.27. The van der Waals surface area contributed by atoms with Crippen molar-refractivity contribution in [1.29, 1.82) is 5.26 Å². The fourth-order valence-corrected chi connectivity index (χ4v) is 1.58. The van der Waals surface area contributed by atoms with Gasteiger partial charge in [0.05, 0.1) is 0 Å². The number of aryl methyl sites for hydroxylation is 1. The van der Waals surface area contributed by atoms with E-state index in [1.807, 2.05) is 6.07 Å². The Kier molecular flexibility index (Phi) is 4.46. The molecule has 5 nitrogen and oxygen atoms in total. The molecular weight excluding hydrogens is 220 g/mol. The molecule has 1 heterocycles. The topological polar surface area (TPSA) is 83.1 Å². The molecule has 0 saturated carbocycles. The number of hydrogen-bond donors (Lipinski definition) is 1. The lowest BCUT2D eigenvalue weighted by atomic mass is 10.2. The molecule has 1 aromatic heterocycles. The van der Waals surface area contributed by atoms with Gasteiger partial charge in [-0.2, -0.15) is 5.26 Å². The summed E-state index contributed by atoms with van der Waals surface area (Å²) in [5.41, 5.74) is 0.598. The highest BCUT2D eigenvalue weighted by atomic mass is 16.4. The maximum absolute atomic E-state index is 11.8. The fourth-order valence-electron chi connectivity index (χ4n) is 1.58. The van der Waals surface area contributed by atoms with E-state index in [4.69, 9.17) is 10.4 Å². The first-order valence-corrected chi connectivity index (χ1v) is 5.38. The molecular formula is C12H14N2O3. The van der Waals surface area contributed by atoms with Crippen LogP contribution in [0.25, 0.3) is 0 Å². The van der Waals surface area contributed by atoms with Crippen molar-refractivity contribution in [2.24, 2.45) is 0 Å². The van der Waals surface area contributed by atoms with Gasteiger partial charge in [-0.1, -0.05) is 0 Å². The Morgan fingerprint density at radius 2 is 2.18 bits per heavy atom. The molecule has 90 valence electrons. The standard InChI is InChI=1S/C12H14N2O3/c1-9-5-6-10(8-13)12(17)14(9)7-3-2-4-11(15)16/h5-6H,2-4,7H2,1H3,(H,15,16). The number of hydrogen-bond acceptors (Lipinski definition) is 3. The maximum atomic E-state index is 11.8. The minimum atomic E-state index is -0.833. The van der Waals surface area contributed by atoms with Crippen molar-refractivity contribution < 1.29 is 9.90 Å². The average molecular weight is 234 g/mol. The van der Waals surface area contributed by atoms with E-state index in [-0.39, 0.29) is 17.5 Å². The number of nitrogens with zero attached hydrogens (tertiary/aromatic N) is 2. The molecule has 0 aliphatic carbocycles. The zero-order valence-electron chi connectivity index (χ0n) is 9.64. The SMILES string of the molecule is Cc1ccc(C#N)c(=O)n1CCCCC(=O)O. The number of aromatic nitrogens is 1. The molecule has 0 fully saturated rings. The largest absolute Gasteiger partial charge is 0.481 e. The number of nitriles is 1. The number of pyridine rings is 1. The monoisotopic (exact) mass is 234 g/mol. The lowest BCUT2D eigenvalue weighted by Crippen LogP contribution is -2.24. The zero-order chi connectivity index (χ0) is 12.8. The lowest BCUT2D eigenvalue weighted by molar-refractivity contribution is -0.137. The van der Waals surface area contributed by atoms with Gasteiger partial charge in [-0.15, -0.1) is 0 Å². The molecule has 0 aliphatic heterocycles. The molecule has 0 aliphatic rings. The van der Waals surface area contributed by atoms with Gasteiger partial charge < -0.3 is 9.67 Å². The van der Waals surface area contributed by atoms with Crippen LogP contribution < -0.4 is 5.56 Å². The van der Waals surface area contributed by atoms with Crippen molar-refractivity contribution in [2.45, 2.75) is 32.7 Å². The predicted octanol–water partition coefficient (Wildman–Crippen LogP) is 1.28. The molecule has 0 amide bonds. The van der Waals surface area contributed by atoms with Gasteiger partial charge in [0.15, 0.2) is 0 Å². The lowest BCUT2D eigenvalue weighted by Gasteiger charge is -2.09. The van der Waals surface area contributed by atoms with E-state index in [2.05, 4.69) is 0 Å². The summed E-state index contributed by atoms with van der Waals surface area (Å²) in [5, 5.41) is 17.2. The van der Waals surface area contributed by atoms with Gasteiger partial charge in [-0.25, -0.2) is 0 Å². The smallest absolute Gasteiger partial charge is 0.303 e. The summed E-state index contributed by atoms with van der Waals surface area (Å²) in [6.07, 6.45) is 1.24. The van der Waals surface area contributed by atoms with Crippen LogP contribution in [0, 0.1) is 18.3 Å². The summed E-state index contributed by atoms with van der Waals surface area (Å²) in [7, 11) is 0. The Bertz CT molecular complexity index is 511. The van der Waals surface area contributed by atoms with Crippen molar-refractivity contribution in [1.82, 2.24) is 4.57 Å². The zero-order valence-corrected chi connectivity index (χ0v) is 9.64. The number of carboxylic acid groups (broad SMARTS) is 1. The first kappa shape index (κ1) is 13.0. The Morgan fingerprint density at radius 1 is 1.47 bits per heavy atom. The Balaban J connectivity index is 2.74. The van der Waals surface area contributed by atoms with E-state index in [1.165, 1.54) is 10.6 Å². The van der Waals surface area contributed by atoms with Crippen LogP contribution in [-0.2, 0) is 11.3 Å². The van der Waals surface area contributed by atoms with Crippen LogP contribution in [0.3, 0.4) is 0 Å².